The molecule has 0 aliphatic carbocycles. The average molecular weight is 799 g/mol. The third kappa shape index (κ3) is 42.0. The summed E-state index contributed by atoms with van der Waals surface area (Å²) in [4.78, 5) is 18.2. The molecule has 0 aliphatic heterocycles. The van der Waals surface area contributed by atoms with Gasteiger partial charge in [-0.1, -0.05) is 261 Å². The smallest absolute Gasteiger partial charge is 0.159 e. The Hall–Kier alpha value is -3.40. The molecular formula is C53H106N4. The average Bonchev–Trinajstić information content (AvgIpc) is 3.22. The zero-order valence-electron chi connectivity index (χ0n) is 35.2. The van der Waals surface area contributed by atoms with Gasteiger partial charge in [0, 0.05) is 33.9 Å². The zero-order valence-corrected chi connectivity index (χ0v) is 35.2. The molecule has 2 heterocycles. The van der Waals surface area contributed by atoms with Crippen LogP contribution in [0.1, 0.15) is 223 Å². The molecule has 0 unspecified atom stereocenters. The van der Waals surface area contributed by atoms with Gasteiger partial charge in [-0.05, 0) is 37.8 Å². The molecule has 0 amide bonds. The minimum Gasteiger partial charge on any atom is -0.233 e. The molecule has 4 heteroatoms. The van der Waals surface area contributed by atoms with Gasteiger partial charge < -0.3 is 0 Å². The van der Waals surface area contributed by atoms with Crippen molar-refractivity contribution < 1.29 is 0 Å². The quantitative estimate of drug-likeness (QED) is 0.160. The van der Waals surface area contributed by atoms with Gasteiger partial charge in [0.1, 0.15) is 0 Å². The van der Waals surface area contributed by atoms with Gasteiger partial charge in [-0.2, -0.15) is 0 Å². The molecule has 0 saturated carbocycles. The Balaban J connectivity index is -0.0000000631. The second-order valence-corrected chi connectivity index (χ2v) is 11.5. The van der Waals surface area contributed by atoms with Crippen molar-refractivity contribution in [3.63, 3.8) is 0 Å². The lowest BCUT2D eigenvalue weighted by atomic mass is 10.2. The van der Waals surface area contributed by atoms with Gasteiger partial charge in [0.15, 0.2) is 11.6 Å². The molecule has 4 nitrogen and oxygen atoms in total. The van der Waals surface area contributed by atoms with Crippen LogP contribution in [0.4, 0.5) is 0 Å². The summed E-state index contributed by atoms with van der Waals surface area (Å²) in [6.07, 6.45) is 14.4. The van der Waals surface area contributed by atoms with Crippen LogP contribution in [0.2, 0.25) is 0 Å². The van der Waals surface area contributed by atoms with Crippen LogP contribution in [-0.2, 0) is 25.7 Å². The van der Waals surface area contributed by atoms with Crippen molar-refractivity contribution in [3.8, 4) is 22.8 Å². The van der Waals surface area contributed by atoms with Gasteiger partial charge >= 0.3 is 0 Å². The van der Waals surface area contributed by atoms with E-state index < -0.39 is 0 Å². The normalized spacial score (nSPS) is 8.04. The Morgan fingerprint density at radius 1 is 0.298 bits per heavy atom. The number of hydrogen-bond donors (Lipinski definition) is 0. The van der Waals surface area contributed by atoms with E-state index in [1.54, 1.807) is 0 Å². The van der Waals surface area contributed by atoms with Gasteiger partial charge in [0.2, 0.25) is 0 Å². The van der Waals surface area contributed by atoms with E-state index in [0.717, 1.165) is 71.2 Å². The minimum absolute atomic E-state index is 0. The van der Waals surface area contributed by atoms with Crippen molar-refractivity contribution in [1.29, 1.82) is 0 Å². The summed E-state index contributed by atoms with van der Waals surface area (Å²) in [7, 11) is 0. The summed E-state index contributed by atoms with van der Waals surface area (Å²) >= 11 is 0. The highest BCUT2D eigenvalue weighted by Crippen LogP contribution is 2.17. The molecule has 4 aromatic rings. The fourth-order valence-corrected chi connectivity index (χ4v) is 3.26. The predicted octanol–water partition coefficient (Wildman–Crippen LogP) is 19.2. The van der Waals surface area contributed by atoms with Crippen LogP contribution in [0, 0.1) is 0 Å². The van der Waals surface area contributed by atoms with Gasteiger partial charge in [-0.25, -0.2) is 19.9 Å². The fraction of sp³-hybridized carbons (Fsp3) is 0.623. The number of aromatic nitrogens is 4. The van der Waals surface area contributed by atoms with E-state index >= 15 is 0 Å². The maximum Gasteiger partial charge on any atom is 0.159 e. The highest BCUT2D eigenvalue weighted by molar-refractivity contribution is 5.55. The number of hydrogen-bond acceptors (Lipinski definition) is 4. The maximum atomic E-state index is 4.56. The third-order valence-corrected chi connectivity index (χ3v) is 7.18. The molecule has 0 fully saturated rings. The van der Waals surface area contributed by atoms with Crippen LogP contribution < -0.4 is 0 Å². The molecule has 4 rings (SSSR count). The summed E-state index contributed by atoms with van der Waals surface area (Å²) in [5.41, 5.74) is 6.65. The topological polar surface area (TPSA) is 51.6 Å². The minimum atomic E-state index is 0. The molecule has 0 bridgehead atoms. The molecular weight excluding hydrogens is 693 g/mol. The zero-order chi connectivity index (χ0) is 38.4. The van der Waals surface area contributed by atoms with Gasteiger partial charge in [-0.15, -0.1) is 0 Å². The summed E-state index contributed by atoms with van der Waals surface area (Å²) in [5.74, 6) is 1.69. The van der Waals surface area contributed by atoms with Gasteiger partial charge in [0.05, 0.1) is 0 Å². The molecule has 2 aromatic carbocycles. The molecule has 0 saturated heterocycles. The van der Waals surface area contributed by atoms with Gasteiger partial charge in [-0.3, -0.25) is 0 Å². The van der Waals surface area contributed by atoms with Crippen molar-refractivity contribution >= 4 is 0 Å². The van der Waals surface area contributed by atoms with Crippen LogP contribution in [0.15, 0.2) is 72.8 Å². The SMILES string of the molecule is C.C.C.C.C.C.C.CC.CCCC.CCCC.CCCC.CCCC.CCc1cc(CC)nc(-c2ccccc2)n1.CCc1cc(CC)nc(-c2ccccc2)n1. The number of aryl methyl sites for hydroxylation is 4. The third-order valence-electron chi connectivity index (χ3n) is 7.18. The second kappa shape index (κ2) is 59.3. The van der Waals surface area contributed by atoms with E-state index in [9.17, 15) is 0 Å². The van der Waals surface area contributed by atoms with Crippen molar-refractivity contribution in [2.24, 2.45) is 0 Å². The Kier molecular flexibility index (Phi) is 81.2. The Morgan fingerprint density at radius 2 is 0.474 bits per heavy atom. The Morgan fingerprint density at radius 3 is 0.614 bits per heavy atom. The molecule has 0 N–H and O–H groups in total. The van der Waals surface area contributed by atoms with Crippen molar-refractivity contribution in [2.75, 3.05) is 0 Å². The van der Waals surface area contributed by atoms with E-state index in [0.29, 0.717) is 0 Å². The number of benzene rings is 2. The van der Waals surface area contributed by atoms with Crippen molar-refractivity contribution in [1.82, 2.24) is 19.9 Å². The van der Waals surface area contributed by atoms with Crippen molar-refractivity contribution in [2.45, 2.75) is 226 Å². The first-order valence-electron chi connectivity index (χ1n) is 20.2. The first kappa shape index (κ1) is 78.0. The van der Waals surface area contributed by atoms with E-state index in [-0.39, 0.29) is 52.0 Å². The lowest BCUT2D eigenvalue weighted by Crippen LogP contribution is -1.98. The molecule has 0 spiro atoms. The van der Waals surface area contributed by atoms with E-state index in [1.807, 2.05) is 74.5 Å². The number of rotatable bonds is 10. The van der Waals surface area contributed by atoms with E-state index in [1.165, 1.54) is 51.4 Å². The summed E-state index contributed by atoms with van der Waals surface area (Å²) in [6.45, 7) is 29.9. The molecule has 0 atom stereocenters. The molecule has 0 radical (unpaired) electrons. The second-order valence-electron chi connectivity index (χ2n) is 11.5. The number of unbranched alkanes of at least 4 members (excludes halogenated alkanes) is 4. The van der Waals surface area contributed by atoms with Crippen LogP contribution >= 0.6 is 0 Å². The molecule has 0 aliphatic rings. The van der Waals surface area contributed by atoms with Gasteiger partial charge in [0.25, 0.3) is 0 Å². The van der Waals surface area contributed by atoms with Crippen LogP contribution in [0.3, 0.4) is 0 Å². The molecule has 57 heavy (non-hydrogen) atoms. The Labute approximate surface area is 363 Å². The standard InChI is InChI=1S/2C14H16N2.4C4H10.C2H6.7CH4/c2*1-3-12-10-13(4-2)16-14(15-12)11-8-6-5-7-9-11;4*1-3-4-2;1-2;;;;;;;/h2*5-10H,3-4H2,1-2H3;4*3-4H2,1-2H3;1-2H3;7*1H4. The predicted molar refractivity (Wildman–Crippen MR) is 273 cm³/mol. The fourth-order valence-electron chi connectivity index (χ4n) is 3.26. The number of nitrogens with zero attached hydrogens (tertiary/aromatic N) is 4. The molecule has 2 aromatic heterocycles. The summed E-state index contributed by atoms with van der Waals surface area (Å²) in [6, 6.07) is 24.5. The van der Waals surface area contributed by atoms with E-state index in [2.05, 4.69) is 115 Å². The largest absolute Gasteiger partial charge is 0.233 e. The first-order valence-corrected chi connectivity index (χ1v) is 20.2. The van der Waals surface area contributed by atoms with Crippen molar-refractivity contribution in [3.05, 3.63) is 95.6 Å². The van der Waals surface area contributed by atoms with Crippen LogP contribution in [0.5, 0.6) is 0 Å². The Bertz CT molecular complexity index is 1080. The maximum absolute atomic E-state index is 4.56. The highest BCUT2D eigenvalue weighted by Gasteiger charge is 2.05. The molecule has 338 valence electrons. The summed E-state index contributed by atoms with van der Waals surface area (Å²) < 4.78 is 0. The summed E-state index contributed by atoms with van der Waals surface area (Å²) in [5, 5.41) is 0. The monoisotopic (exact) mass is 799 g/mol. The highest BCUT2D eigenvalue weighted by atomic mass is 14.9. The van der Waals surface area contributed by atoms with Crippen LogP contribution in [0.25, 0.3) is 22.8 Å². The van der Waals surface area contributed by atoms with Crippen LogP contribution in [-0.4, -0.2) is 19.9 Å². The van der Waals surface area contributed by atoms with E-state index in [4.69, 9.17) is 0 Å². The first-order chi connectivity index (χ1) is 24.3. The lowest BCUT2D eigenvalue weighted by molar-refractivity contribution is 0.886. The lowest BCUT2D eigenvalue weighted by Gasteiger charge is -2.05.